The Kier molecular flexibility index (Phi) is 8.75. The molecule has 0 aliphatic rings. The van der Waals surface area contributed by atoms with E-state index in [1.54, 1.807) is 60.3 Å². The molecule has 0 spiro atoms. The van der Waals surface area contributed by atoms with Gasteiger partial charge in [0.1, 0.15) is 11.5 Å². The molecule has 0 atom stereocenters. The van der Waals surface area contributed by atoms with E-state index in [-0.39, 0.29) is 0 Å². The molecule has 0 aliphatic heterocycles. The van der Waals surface area contributed by atoms with Crippen molar-refractivity contribution in [2.75, 3.05) is 0 Å². The van der Waals surface area contributed by atoms with Crippen LogP contribution >= 0.6 is 35.0 Å². The molecule has 0 radical (unpaired) electrons. The summed E-state index contributed by atoms with van der Waals surface area (Å²) in [7, 11) is 0. The van der Waals surface area contributed by atoms with Crippen molar-refractivity contribution >= 4 is 46.9 Å². The summed E-state index contributed by atoms with van der Waals surface area (Å²) in [5.74, 6) is 0.0948. The van der Waals surface area contributed by atoms with E-state index in [4.69, 9.17) is 32.7 Å². The number of rotatable bonds is 6. The van der Waals surface area contributed by atoms with Crippen LogP contribution in [0.2, 0.25) is 10.0 Å². The van der Waals surface area contributed by atoms with Gasteiger partial charge in [0.2, 0.25) is 0 Å². The van der Waals surface area contributed by atoms with E-state index in [9.17, 15) is 9.59 Å². The van der Waals surface area contributed by atoms with Gasteiger partial charge >= 0.3 is 11.9 Å². The summed E-state index contributed by atoms with van der Waals surface area (Å²) >= 11 is 13.5. The van der Waals surface area contributed by atoms with E-state index in [1.165, 1.54) is 0 Å². The highest BCUT2D eigenvalue weighted by molar-refractivity contribution is 7.99. The lowest BCUT2D eigenvalue weighted by Crippen LogP contribution is -2.11. The molecule has 0 aliphatic carbocycles. The van der Waals surface area contributed by atoms with Crippen LogP contribution in [-0.4, -0.2) is 11.9 Å². The maximum absolute atomic E-state index is 12.9. The van der Waals surface area contributed by atoms with E-state index in [0.29, 0.717) is 32.7 Å². The largest absolute Gasteiger partial charge is 0.423 e. The lowest BCUT2D eigenvalue weighted by Gasteiger charge is -2.20. The lowest BCUT2D eigenvalue weighted by molar-refractivity contribution is 0.0723. The first-order valence-corrected chi connectivity index (χ1v) is 13.9. The number of benzene rings is 4. The minimum Gasteiger partial charge on any atom is -0.423 e. The van der Waals surface area contributed by atoms with Gasteiger partial charge in [0.05, 0.1) is 11.1 Å². The van der Waals surface area contributed by atoms with E-state index in [0.717, 1.165) is 43.2 Å². The second-order valence-corrected chi connectivity index (χ2v) is 11.3. The van der Waals surface area contributed by atoms with Gasteiger partial charge in [-0.1, -0.05) is 35.0 Å². The standard InChI is InChI=1S/C32H28Cl2O4S/c1-17-15-27(37-31(35)23-7-11-25(33)12-8-23)21(5)29(19(17)3)39-30-20(4)18(2)16-28(22(30)6)38-32(36)24-9-13-26(34)14-10-24/h7-16H,1-6H3. The average Bonchev–Trinajstić information content (AvgIpc) is 2.90. The zero-order chi connectivity index (χ0) is 28.4. The molecule has 0 saturated carbocycles. The van der Waals surface area contributed by atoms with Crippen LogP contribution in [0.1, 0.15) is 54.1 Å². The number of esters is 2. The van der Waals surface area contributed by atoms with Gasteiger partial charge in [0, 0.05) is 31.0 Å². The molecule has 4 aromatic carbocycles. The Hall–Kier alpha value is -3.25. The Labute approximate surface area is 243 Å². The van der Waals surface area contributed by atoms with E-state index in [1.807, 2.05) is 39.8 Å². The Bertz CT molecular complexity index is 1460. The molecule has 0 saturated heterocycles. The lowest BCUT2D eigenvalue weighted by atomic mass is 10.1. The summed E-state index contributed by atoms with van der Waals surface area (Å²) in [5, 5.41) is 1.10. The van der Waals surface area contributed by atoms with Crippen molar-refractivity contribution in [3.63, 3.8) is 0 Å². The van der Waals surface area contributed by atoms with Crippen molar-refractivity contribution in [1.29, 1.82) is 0 Å². The highest BCUT2D eigenvalue weighted by Crippen LogP contribution is 2.44. The van der Waals surface area contributed by atoms with Crippen LogP contribution in [0.4, 0.5) is 0 Å². The molecule has 0 N–H and O–H groups in total. The van der Waals surface area contributed by atoms with Crippen molar-refractivity contribution in [3.8, 4) is 11.5 Å². The Balaban J connectivity index is 1.68. The average molecular weight is 580 g/mol. The Morgan fingerprint density at radius 2 is 0.897 bits per heavy atom. The van der Waals surface area contributed by atoms with Crippen LogP contribution in [0, 0.1) is 41.5 Å². The highest BCUT2D eigenvalue weighted by atomic mass is 35.5. The number of aryl methyl sites for hydroxylation is 2. The van der Waals surface area contributed by atoms with Crippen LogP contribution in [0.25, 0.3) is 0 Å². The predicted molar refractivity (Wildman–Crippen MR) is 158 cm³/mol. The van der Waals surface area contributed by atoms with Gasteiger partial charge in [0.15, 0.2) is 0 Å². The fourth-order valence-electron chi connectivity index (χ4n) is 4.08. The van der Waals surface area contributed by atoms with Crippen molar-refractivity contribution in [2.24, 2.45) is 0 Å². The van der Waals surface area contributed by atoms with Crippen LogP contribution in [0.5, 0.6) is 11.5 Å². The summed E-state index contributed by atoms with van der Waals surface area (Å²) in [6.07, 6.45) is 0. The molecule has 0 aromatic heterocycles. The molecule has 0 bridgehead atoms. The fourth-order valence-corrected chi connectivity index (χ4v) is 5.67. The first kappa shape index (κ1) is 28.8. The SMILES string of the molecule is Cc1cc(OC(=O)c2ccc(Cl)cc2)c(C)c(Sc2c(C)c(C)cc(OC(=O)c3ccc(Cl)cc3)c2C)c1C. The molecule has 4 nitrogen and oxygen atoms in total. The van der Waals surface area contributed by atoms with Gasteiger partial charge in [0.25, 0.3) is 0 Å². The van der Waals surface area contributed by atoms with Crippen molar-refractivity contribution in [1.82, 2.24) is 0 Å². The maximum Gasteiger partial charge on any atom is 0.343 e. The first-order valence-electron chi connectivity index (χ1n) is 12.3. The predicted octanol–water partition coefficient (Wildman–Crippen LogP) is 9.43. The molecule has 0 amide bonds. The van der Waals surface area contributed by atoms with Crippen LogP contribution in [-0.2, 0) is 0 Å². The second-order valence-electron chi connectivity index (χ2n) is 9.44. The quantitative estimate of drug-likeness (QED) is 0.168. The Morgan fingerprint density at radius 3 is 1.23 bits per heavy atom. The number of carbonyl (C=O) groups excluding carboxylic acids is 2. The zero-order valence-corrected chi connectivity index (χ0v) is 24.9. The van der Waals surface area contributed by atoms with Crippen molar-refractivity contribution in [3.05, 3.63) is 115 Å². The second kappa shape index (κ2) is 11.9. The van der Waals surface area contributed by atoms with Crippen LogP contribution in [0.15, 0.2) is 70.5 Å². The summed E-state index contributed by atoms with van der Waals surface area (Å²) in [6.45, 7) is 12.0. The number of hydrogen-bond donors (Lipinski definition) is 0. The summed E-state index contributed by atoms with van der Waals surface area (Å²) < 4.78 is 11.7. The van der Waals surface area contributed by atoms with Crippen molar-refractivity contribution < 1.29 is 19.1 Å². The fraction of sp³-hybridized carbons (Fsp3) is 0.188. The van der Waals surface area contributed by atoms with Gasteiger partial charge in [-0.3, -0.25) is 0 Å². The molecule has 4 aromatic rings. The number of halogens is 2. The molecule has 0 fully saturated rings. The van der Waals surface area contributed by atoms with Gasteiger partial charge in [-0.2, -0.15) is 0 Å². The smallest absolute Gasteiger partial charge is 0.343 e. The summed E-state index contributed by atoms with van der Waals surface area (Å²) in [6, 6.07) is 17.0. The molecule has 4 rings (SSSR count). The third-order valence-electron chi connectivity index (χ3n) is 6.75. The molecule has 200 valence electrons. The minimum atomic E-state index is -0.451. The highest BCUT2D eigenvalue weighted by Gasteiger charge is 2.21. The third-order valence-corrected chi connectivity index (χ3v) is 8.89. The summed E-state index contributed by atoms with van der Waals surface area (Å²) in [4.78, 5) is 27.7. The molecule has 7 heteroatoms. The van der Waals surface area contributed by atoms with Gasteiger partial charge in [-0.15, -0.1) is 0 Å². The number of ether oxygens (including phenoxy) is 2. The first-order chi connectivity index (χ1) is 18.5. The van der Waals surface area contributed by atoms with Crippen LogP contribution in [0.3, 0.4) is 0 Å². The number of carbonyl (C=O) groups is 2. The molecule has 0 heterocycles. The van der Waals surface area contributed by atoms with Gasteiger partial charge in [-0.05, 0) is 124 Å². The molecular formula is C32H28Cl2O4S. The zero-order valence-electron chi connectivity index (χ0n) is 22.6. The topological polar surface area (TPSA) is 52.6 Å². The molecule has 0 unspecified atom stereocenters. The minimum absolute atomic E-state index is 0.420. The monoisotopic (exact) mass is 578 g/mol. The van der Waals surface area contributed by atoms with Gasteiger partial charge < -0.3 is 9.47 Å². The molecule has 39 heavy (non-hydrogen) atoms. The van der Waals surface area contributed by atoms with Gasteiger partial charge in [-0.25, -0.2) is 9.59 Å². The summed E-state index contributed by atoms with van der Waals surface area (Å²) in [5.41, 5.74) is 6.72. The Morgan fingerprint density at radius 1 is 0.564 bits per heavy atom. The van der Waals surface area contributed by atoms with E-state index < -0.39 is 11.9 Å². The van der Waals surface area contributed by atoms with Crippen LogP contribution < -0.4 is 9.47 Å². The third kappa shape index (κ3) is 6.33. The molecular weight excluding hydrogens is 551 g/mol. The normalized spacial score (nSPS) is 10.9. The number of hydrogen-bond acceptors (Lipinski definition) is 5. The van der Waals surface area contributed by atoms with E-state index >= 15 is 0 Å². The van der Waals surface area contributed by atoms with Crippen molar-refractivity contribution in [2.45, 2.75) is 51.3 Å². The van der Waals surface area contributed by atoms with E-state index in [2.05, 4.69) is 13.8 Å². The maximum atomic E-state index is 12.9.